The minimum atomic E-state index is -0.219. The van der Waals surface area contributed by atoms with Crippen LogP contribution in [0.15, 0.2) is 54.7 Å². The Labute approximate surface area is 141 Å². The number of nitrogens with one attached hydrogen (secondary N) is 1. The molecule has 1 heterocycles. The van der Waals surface area contributed by atoms with Crippen LogP contribution < -0.4 is 5.32 Å². The fourth-order valence-corrected chi connectivity index (χ4v) is 2.77. The molecule has 1 N–H and O–H groups in total. The molecule has 3 rings (SSSR count). The summed E-state index contributed by atoms with van der Waals surface area (Å²) in [6, 6.07) is 15.2. The molecule has 0 bridgehead atoms. The summed E-state index contributed by atoms with van der Waals surface area (Å²) < 4.78 is 1.51. The number of hydrogen-bond acceptors (Lipinski definition) is 2. The molecule has 0 saturated carbocycles. The molecular weight excluding hydrogens is 300 g/mol. The summed E-state index contributed by atoms with van der Waals surface area (Å²) in [7, 11) is 0. The lowest BCUT2D eigenvalue weighted by atomic mass is 10.0. The molecule has 0 fully saturated rings. The maximum Gasteiger partial charge on any atom is 0.257 e. The lowest BCUT2D eigenvalue weighted by Gasteiger charge is -2.08. The van der Waals surface area contributed by atoms with Crippen LogP contribution in [0.1, 0.15) is 47.4 Å². The second-order valence-corrected chi connectivity index (χ2v) is 6.18. The predicted octanol–water partition coefficient (Wildman–Crippen LogP) is 4.68. The molecule has 3 aromatic rings. The smallest absolute Gasteiger partial charge is 0.257 e. The zero-order chi connectivity index (χ0) is 17.3. The summed E-state index contributed by atoms with van der Waals surface area (Å²) >= 11 is 0. The highest BCUT2D eigenvalue weighted by Gasteiger charge is 2.16. The molecule has 0 aliphatic carbocycles. The van der Waals surface area contributed by atoms with Crippen molar-refractivity contribution in [3.05, 3.63) is 65.9 Å². The maximum atomic E-state index is 12.6. The molecule has 0 radical (unpaired) electrons. The number of benzene rings is 2. The van der Waals surface area contributed by atoms with Crippen LogP contribution in [0.5, 0.6) is 0 Å². The Morgan fingerprint density at radius 2 is 1.67 bits per heavy atom. The van der Waals surface area contributed by atoms with E-state index in [1.165, 1.54) is 17.1 Å². The number of carbonyl (C=O) groups excluding carboxylic acids is 2. The van der Waals surface area contributed by atoms with Crippen molar-refractivity contribution < 1.29 is 9.59 Å². The zero-order valence-electron chi connectivity index (χ0n) is 14.0. The van der Waals surface area contributed by atoms with E-state index in [4.69, 9.17) is 0 Å². The van der Waals surface area contributed by atoms with Gasteiger partial charge in [0, 0.05) is 24.2 Å². The lowest BCUT2D eigenvalue weighted by molar-refractivity contribution is 0.0941. The molecule has 0 spiro atoms. The van der Waals surface area contributed by atoms with Crippen LogP contribution in [0.2, 0.25) is 0 Å². The number of amides is 1. The monoisotopic (exact) mass is 320 g/mol. The third-order valence-corrected chi connectivity index (χ3v) is 4.13. The lowest BCUT2D eigenvalue weighted by Crippen LogP contribution is -2.12. The van der Waals surface area contributed by atoms with Crippen molar-refractivity contribution in [2.75, 3.05) is 5.32 Å². The highest BCUT2D eigenvalue weighted by Crippen LogP contribution is 2.23. The Morgan fingerprint density at radius 3 is 2.29 bits per heavy atom. The standard InChI is InChI=1S/C20H20N2O2/c1-13(2)15-8-10-16(11-9-15)21-20(24)18-12-22(14(3)23)19-7-5-4-6-17(18)19/h4-13H,1-3H3,(H,21,24). The topological polar surface area (TPSA) is 51.1 Å². The molecule has 24 heavy (non-hydrogen) atoms. The van der Waals surface area contributed by atoms with Gasteiger partial charge < -0.3 is 5.32 Å². The molecular formula is C20H20N2O2. The molecule has 4 heteroatoms. The SMILES string of the molecule is CC(=O)n1cc(C(=O)Nc2ccc(C(C)C)cc2)c2ccccc21. The van der Waals surface area contributed by atoms with Gasteiger partial charge in [-0.15, -0.1) is 0 Å². The second kappa shape index (κ2) is 6.32. The van der Waals surface area contributed by atoms with Crippen LogP contribution in [0.3, 0.4) is 0 Å². The minimum absolute atomic E-state index is 0.119. The average Bonchev–Trinajstić information content (AvgIpc) is 2.95. The first kappa shape index (κ1) is 16.0. The van der Waals surface area contributed by atoms with Gasteiger partial charge in [-0.2, -0.15) is 0 Å². The third kappa shape index (κ3) is 2.95. The van der Waals surface area contributed by atoms with E-state index in [2.05, 4.69) is 19.2 Å². The molecule has 1 aromatic heterocycles. The van der Waals surface area contributed by atoms with Crippen LogP contribution >= 0.6 is 0 Å². The first-order valence-corrected chi connectivity index (χ1v) is 7.99. The number of anilines is 1. The number of carbonyl (C=O) groups is 2. The first-order chi connectivity index (χ1) is 11.5. The Hall–Kier alpha value is -2.88. The number of rotatable bonds is 3. The molecule has 0 saturated heterocycles. The van der Waals surface area contributed by atoms with E-state index in [1.54, 1.807) is 6.20 Å². The molecule has 0 atom stereocenters. The van der Waals surface area contributed by atoms with Crippen LogP contribution in [0.4, 0.5) is 5.69 Å². The van der Waals surface area contributed by atoms with Gasteiger partial charge in [0.05, 0.1) is 11.1 Å². The maximum absolute atomic E-state index is 12.6. The van der Waals surface area contributed by atoms with E-state index < -0.39 is 0 Å². The summed E-state index contributed by atoms with van der Waals surface area (Å²) in [5.41, 5.74) is 3.20. The molecule has 4 nitrogen and oxygen atoms in total. The van der Waals surface area contributed by atoms with Crippen molar-refractivity contribution in [2.45, 2.75) is 26.7 Å². The van der Waals surface area contributed by atoms with E-state index in [1.807, 2.05) is 48.5 Å². The zero-order valence-corrected chi connectivity index (χ0v) is 14.0. The third-order valence-electron chi connectivity index (χ3n) is 4.13. The Bertz CT molecular complexity index is 905. The van der Waals surface area contributed by atoms with Crippen LogP contribution in [0.25, 0.3) is 10.9 Å². The summed E-state index contributed by atoms with van der Waals surface area (Å²) in [4.78, 5) is 24.4. The number of para-hydroxylation sites is 1. The predicted molar refractivity (Wildman–Crippen MR) is 96.7 cm³/mol. The highest BCUT2D eigenvalue weighted by molar-refractivity contribution is 6.14. The van der Waals surface area contributed by atoms with Crippen molar-refractivity contribution in [1.29, 1.82) is 0 Å². The van der Waals surface area contributed by atoms with Gasteiger partial charge in [-0.3, -0.25) is 14.2 Å². The van der Waals surface area contributed by atoms with Crippen molar-refractivity contribution in [3.8, 4) is 0 Å². The molecule has 1 amide bonds. The Morgan fingerprint density at radius 1 is 1.00 bits per heavy atom. The van der Waals surface area contributed by atoms with Gasteiger partial charge in [-0.25, -0.2) is 0 Å². The number of fused-ring (bicyclic) bond motifs is 1. The van der Waals surface area contributed by atoms with E-state index in [-0.39, 0.29) is 11.8 Å². The summed E-state index contributed by atoms with van der Waals surface area (Å²) in [6.07, 6.45) is 1.60. The van der Waals surface area contributed by atoms with E-state index in [0.29, 0.717) is 11.5 Å². The number of nitrogens with zero attached hydrogens (tertiary/aromatic N) is 1. The van der Waals surface area contributed by atoms with Gasteiger partial charge in [-0.05, 0) is 29.7 Å². The summed E-state index contributed by atoms with van der Waals surface area (Å²) in [5.74, 6) is 0.110. The minimum Gasteiger partial charge on any atom is -0.322 e. The van der Waals surface area contributed by atoms with E-state index in [9.17, 15) is 9.59 Å². The Kier molecular flexibility index (Phi) is 4.21. The second-order valence-electron chi connectivity index (χ2n) is 6.18. The summed E-state index contributed by atoms with van der Waals surface area (Å²) in [6.45, 7) is 5.74. The molecule has 0 aliphatic rings. The van der Waals surface area contributed by atoms with Crippen molar-refractivity contribution in [2.24, 2.45) is 0 Å². The summed E-state index contributed by atoms with van der Waals surface area (Å²) in [5, 5.41) is 3.67. The van der Waals surface area contributed by atoms with Crippen molar-refractivity contribution in [3.63, 3.8) is 0 Å². The van der Waals surface area contributed by atoms with Gasteiger partial charge in [-0.1, -0.05) is 44.2 Å². The van der Waals surface area contributed by atoms with Gasteiger partial charge >= 0.3 is 0 Å². The van der Waals surface area contributed by atoms with Crippen LogP contribution in [-0.4, -0.2) is 16.4 Å². The molecule has 122 valence electrons. The molecule has 0 aliphatic heterocycles. The largest absolute Gasteiger partial charge is 0.322 e. The van der Waals surface area contributed by atoms with Crippen molar-refractivity contribution in [1.82, 2.24) is 4.57 Å². The molecule has 2 aromatic carbocycles. The van der Waals surface area contributed by atoms with E-state index >= 15 is 0 Å². The van der Waals surface area contributed by atoms with Crippen LogP contribution in [-0.2, 0) is 0 Å². The van der Waals surface area contributed by atoms with Gasteiger partial charge in [0.25, 0.3) is 5.91 Å². The van der Waals surface area contributed by atoms with E-state index in [0.717, 1.165) is 16.6 Å². The highest BCUT2D eigenvalue weighted by atomic mass is 16.2. The van der Waals surface area contributed by atoms with Gasteiger partial charge in [0.2, 0.25) is 5.91 Å². The average molecular weight is 320 g/mol. The molecule has 0 unspecified atom stereocenters. The Balaban J connectivity index is 1.93. The van der Waals surface area contributed by atoms with Gasteiger partial charge in [0.1, 0.15) is 0 Å². The number of aromatic nitrogens is 1. The quantitative estimate of drug-likeness (QED) is 0.762. The first-order valence-electron chi connectivity index (χ1n) is 7.99. The van der Waals surface area contributed by atoms with Crippen molar-refractivity contribution >= 4 is 28.4 Å². The normalized spacial score (nSPS) is 11.0. The fourth-order valence-electron chi connectivity index (χ4n) is 2.77. The number of hydrogen-bond donors (Lipinski definition) is 1. The fraction of sp³-hybridized carbons (Fsp3) is 0.200. The van der Waals surface area contributed by atoms with Gasteiger partial charge in [0.15, 0.2) is 0 Å². The van der Waals surface area contributed by atoms with Crippen LogP contribution in [0, 0.1) is 0 Å².